The van der Waals surface area contributed by atoms with E-state index in [1.807, 2.05) is 18.2 Å². The lowest BCUT2D eigenvalue weighted by Crippen LogP contribution is -2.19. The molecule has 0 bridgehead atoms. The number of para-hydroxylation sites is 1. The number of nitrogens with one attached hydrogen (secondary N) is 1. The van der Waals surface area contributed by atoms with Crippen LogP contribution in [-0.4, -0.2) is 11.7 Å². The predicted molar refractivity (Wildman–Crippen MR) is 74.0 cm³/mol. The highest BCUT2D eigenvalue weighted by Gasteiger charge is 2.11. The van der Waals surface area contributed by atoms with Gasteiger partial charge in [-0.3, -0.25) is 0 Å². The zero-order chi connectivity index (χ0) is 13.5. The summed E-state index contributed by atoms with van der Waals surface area (Å²) in [6.07, 6.45) is 2.74. The molecule has 102 valence electrons. The van der Waals surface area contributed by atoms with Crippen LogP contribution in [0.5, 0.6) is 5.75 Å². The molecule has 0 aliphatic carbocycles. The minimum Gasteiger partial charge on any atom is -0.485 e. The molecule has 1 N–H and O–H groups in total. The van der Waals surface area contributed by atoms with Crippen molar-refractivity contribution >= 4 is 0 Å². The van der Waals surface area contributed by atoms with Crippen LogP contribution in [0.3, 0.4) is 0 Å². The molecule has 0 saturated carbocycles. The smallest absolute Gasteiger partial charge is 0.174 e. The molecule has 0 aliphatic heterocycles. The minimum atomic E-state index is 0.269. The Labute approximate surface area is 113 Å². The Morgan fingerprint density at radius 2 is 2.16 bits per heavy atom. The van der Waals surface area contributed by atoms with Crippen LogP contribution in [0.2, 0.25) is 0 Å². The van der Waals surface area contributed by atoms with Crippen molar-refractivity contribution in [3.63, 3.8) is 0 Å². The normalized spacial score (nSPS) is 12.3. The lowest BCUT2D eigenvalue weighted by molar-refractivity contribution is 0.246. The molecule has 0 aliphatic rings. The van der Waals surface area contributed by atoms with E-state index in [4.69, 9.17) is 9.26 Å². The van der Waals surface area contributed by atoms with Gasteiger partial charge in [0.15, 0.2) is 5.76 Å². The van der Waals surface area contributed by atoms with Crippen molar-refractivity contribution in [1.82, 2.24) is 10.5 Å². The van der Waals surface area contributed by atoms with E-state index in [2.05, 4.69) is 30.4 Å². The Hall–Kier alpha value is -1.81. The average Bonchev–Trinajstić information content (AvgIpc) is 2.96. The van der Waals surface area contributed by atoms with Crippen molar-refractivity contribution in [2.24, 2.45) is 0 Å². The van der Waals surface area contributed by atoms with Gasteiger partial charge in [0.25, 0.3) is 0 Å². The van der Waals surface area contributed by atoms with Crippen LogP contribution in [0.15, 0.2) is 41.1 Å². The third kappa shape index (κ3) is 3.83. The summed E-state index contributed by atoms with van der Waals surface area (Å²) in [4.78, 5) is 0. The third-order valence-corrected chi connectivity index (χ3v) is 2.95. The van der Waals surface area contributed by atoms with Crippen molar-refractivity contribution in [3.05, 3.63) is 47.9 Å². The molecular weight excluding hydrogens is 240 g/mol. The largest absolute Gasteiger partial charge is 0.485 e. The van der Waals surface area contributed by atoms with Crippen LogP contribution in [-0.2, 0) is 6.61 Å². The number of hydrogen-bond acceptors (Lipinski definition) is 4. The molecule has 19 heavy (non-hydrogen) atoms. The Bertz CT molecular complexity index is 483. The fraction of sp³-hybridized carbons (Fsp3) is 0.400. The van der Waals surface area contributed by atoms with Gasteiger partial charge in [0, 0.05) is 17.7 Å². The number of ether oxygens (including phenoxy) is 1. The van der Waals surface area contributed by atoms with Crippen molar-refractivity contribution in [2.75, 3.05) is 6.54 Å². The van der Waals surface area contributed by atoms with Crippen LogP contribution in [0, 0.1) is 0 Å². The summed E-state index contributed by atoms with van der Waals surface area (Å²) in [6.45, 7) is 5.70. The molecule has 0 amide bonds. The molecule has 0 spiro atoms. The molecule has 0 fully saturated rings. The van der Waals surface area contributed by atoms with Gasteiger partial charge in [-0.15, -0.1) is 0 Å². The highest BCUT2D eigenvalue weighted by atomic mass is 16.5. The van der Waals surface area contributed by atoms with Crippen LogP contribution in [0.25, 0.3) is 0 Å². The monoisotopic (exact) mass is 260 g/mol. The molecule has 4 heteroatoms. The quantitative estimate of drug-likeness (QED) is 0.829. The average molecular weight is 260 g/mol. The maximum absolute atomic E-state index is 5.81. The first kappa shape index (κ1) is 13.6. The molecule has 2 rings (SSSR count). The Morgan fingerprint density at radius 3 is 2.89 bits per heavy atom. The molecule has 0 radical (unpaired) electrons. The van der Waals surface area contributed by atoms with Crippen molar-refractivity contribution in [2.45, 2.75) is 32.9 Å². The van der Waals surface area contributed by atoms with Gasteiger partial charge < -0.3 is 14.6 Å². The molecule has 1 aromatic heterocycles. The summed E-state index contributed by atoms with van der Waals surface area (Å²) in [7, 11) is 0. The van der Waals surface area contributed by atoms with E-state index in [1.54, 1.807) is 12.3 Å². The van der Waals surface area contributed by atoms with Gasteiger partial charge in [-0.1, -0.05) is 30.3 Å². The van der Waals surface area contributed by atoms with Crippen LogP contribution in [0.1, 0.15) is 37.6 Å². The molecule has 1 atom stereocenters. The fourth-order valence-corrected chi connectivity index (χ4v) is 1.91. The number of aromatic nitrogens is 1. The summed E-state index contributed by atoms with van der Waals surface area (Å²) >= 11 is 0. The first-order valence-corrected chi connectivity index (χ1v) is 6.66. The number of nitrogens with zero attached hydrogens (tertiary/aromatic N) is 1. The first-order valence-electron chi connectivity index (χ1n) is 6.66. The predicted octanol–water partition coefficient (Wildman–Crippen LogP) is 3.31. The third-order valence-electron chi connectivity index (χ3n) is 2.95. The van der Waals surface area contributed by atoms with Gasteiger partial charge in [0.05, 0.1) is 6.20 Å². The first-order chi connectivity index (χ1) is 9.31. The summed E-state index contributed by atoms with van der Waals surface area (Å²) in [6, 6.07) is 10.2. The molecule has 4 nitrogen and oxygen atoms in total. The van der Waals surface area contributed by atoms with Crippen LogP contribution < -0.4 is 10.1 Å². The second-order valence-corrected chi connectivity index (χ2v) is 4.48. The molecule has 1 heterocycles. The Balaban J connectivity index is 2.03. The van der Waals surface area contributed by atoms with Gasteiger partial charge in [-0.25, -0.2) is 0 Å². The molecule has 1 unspecified atom stereocenters. The maximum atomic E-state index is 5.81. The summed E-state index contributed by atoms with van der Waals surface area (Å²) in [5.74, 6) is 1.61. The van der Waals surface area contributed by atoms with Crippen molar-refractivity contribution < 1.29 is 9.26 Å². The summed E-state index contributed by atoms with van der Waals surface area (Å²) < 4.78 is 10.8. The Morgan fingerprint density at radius 1 is 1.32 bits per heavy atom. The van der Waals surface area contributed by atoms with E-state index < -0.39 is 0 Å². The second-order valence-electron chi connectivity index (χ2n) is 4.48. The molecule has 0 saturated heterocycles. The van der Waals surface area contributed by atoms with Crippen LogP contribution >= 0.6 is 0 Å². The van der Waals surface area contributed by atoms with E-state index in [1.165, 1.54) is 0 Å². The van der Waals surface area contributed by atoms with Gasteiger partial charge in [0.2, 0.25) is 0 Å². The van der Waals surface area contributed by atoms with Crippen molar-refractivity contribution in [1.29, 1.82) is 0 Å². The van der Waals surface area contributed by atoms with Gasteiger partial charge >= 0.3 is 0 Å². The maximum Gasteiger partial charge on any atom is 0.174 e. The SMILES string of the molecule is CCCNC(C)c1ccccc1OCc1ccno1. The number of hydrogen-bond donors (Lipinski definition) is 1. The van der Waals surface area contributed by atoms with E-state index in [-0.39, 0.29) is 6.04 Å². The second kappa shape index (κ2) is 6.95. The zero-order valence-electron chi connectivity index (χ0n) is 11.4. The highest BCUT2D eigenvalue weighted by Crippen LogP contribution is 2.25. The number of benzene rings is 1. The Kier molecular flexibility index (Phi) is 4.98. The van der Waals surface area contributed by atoms with E-state index >= 15 is 0 Å². The van der Waals surface area contributed by atoms with Crippen LogP contribution in [0.4, 0.5) is 0 Å². The van der Waals surface area contributed by atoms with Gasteiger partial charge in [0.1, 0.15) is 12.4 Å². The van der Waals surface area contributed by atoms with E-state index in [0.717, 1.165) is 30.0 Å². The summed E-state index contributed by atoms with van der Waals surface area (Å²) in [5.41, 5.74) is 1.16. The molecular formula is C15H20N2O2. The topological polar surface area (TPSA) is 47.3 Å². The summed E-state index contributed by atoms with van der Waals surface area (Å²) in [5, 5.41) is 7.13. The van der Waals surface area contributed by atoms with E-state index in [9.17, 15) is 0 Å². The standard InChI is InChI=1S/C15H20N2O2/c1-3-9-16-12(2)14-6-4-5-7-15(14)18-11-13-8-10-17-19-13/h4-8,10,12,16H,3,9,11H2,1-2H3. The minimum absolute atomic E-state index is 0.269. The zero-order valence-corrected chi connectivity index (χ0v) is 11.4. The van der Waals surface area contributed by atoms with Crippen molar-refractivity contribution in [3.8, 4) is 5.75 Å². The number of rotatable bonds is 7. The van der Waals surface area contributed by atoms with Gasteiger partial charge in [-0.05, 0) is 26.0 Å². The molecule has 1 aromatic carbocycles. The molecule has 2 aromatic rings. The van der Waals surface area contributed by atoms with E-state index in [0.29, 0.717) is 6.61 Å². The fourth-order valence-electron chi connectivity index (χ4n) is 1.91. The highest BCUT2D eigenvalue weighted by molar-refractivity contribution is 5.35. The van der Waals surface area contributed by atoms with Gasteiger partial charge in [-0.2, -0.15) is 0 Å². The lowest BCUT2D eigenvalue weighted by Gasteiger charge is -2.17. The lowest BCUT2D eigenvalue weighted by atomic mass is 10.1.